The van der Waals surface area contributed by atoms with Crippen LogP contribution in [0.2, 0.25) is 0 Å². The van der Waals surface area contributed by atoms with Gasteiger partial charge in [0.25, 0.3) is 0 Å². The summed E-state index contributed by atoms with van der Waals surface area (Å²) in [6, 6.07) is 0. The van der Waals surface area contributed by atoms with Gasteiger partial charge in [-0.15, -0.1) is 0 Å². The number of hydrogen-bond acceptors (Lipinski definition) is 4. The topological polar surface area (TPSA) is 83.8 Å². The highest BCUT2D eigenvalue weighted by Crippen LogP contribution is 1.91. The summed E-state index contributed by atoms with van der Waals surface area (Å²) in [6.45, 7) is 1.65. The van der Waals surface area contributed by atoms with Crippen LogP contribution in [0.5, 0.6) is 0 Å². The number of carbonyl (C=O) groups excluding carboxylic acids is 1. The summed E-state index contributed by atoms with van der Waals surface area (Å²) in [5, 5.41) is 16.9. The molecule has 0 aliphatic rings. The normalized spacial score (nSPS) is 12.8. The van der Waals surface area contributed by atoms with Crippen LogP contribution in [0.25, 0.3) is 0 Å². The third kappa shape index (κ3) is 8.55. The van der Waals surface area contributed by atoms with Gasteiger partial charge in [0, 0.05) is 18.6 Å². The molecular formula is C8H12O5. The van der Waals surface area contributed by atoms with Crippen molar-refractivity contribution >= 4 is 11.9 Å². The molecule has 2 N–H and O–H groups in total. The van der Waals surface area contributed by atoms with E-state index < -0.39 is 18.0 Å². The summed E-state index contributed by atoms with van der Waals surface area (Å²) >= 11 is 0. The largest absolute Gasteiger partial charge is 0.478 e. The van der Waals surface area contributed by atoms with E-state index in [0.717, 1.165) is 6.08 Å². The maximum atomic E-state index is 10.7. The number of rotatable bonds is 5. The van der Waals surface area contributed by atoms with E-state index in [1.165, 1.54) is 0 Å². The van der Waals surface area contributed by atoms with Gasteiger partial charge in [0.05, 0.1) is 12.7 Å². The van der Waals surface area contributed by atoms with Crippen LogP contribution in [0.1, 0.15) is 13.3 Å². The summed E-state index contributed by atoms with van der Waals surface area (Å²) in [7, 11) is 0. The Balaban J connectivity index is 3.58. The third-order valence-corrected chi connectivity index (χ3v) is 1.14. The Labute approximate surface area is 75.6 Å². The minimum Gasteiger partial charge on any atom is -0.478 e. The second kappa shape index (κ2) is 6.19. The Hall–Kier alpha value is -1.36. The average Bonchev–Trinajstić information content (AvgIpc) is 2.00. The number of esters is 1. The third-order valence-electron chi connectivity index (χ3n) is 1.14. The van der Waals surface area contributed by atoms with E-state index in [2.05, 4.69) is 4.74 Å². The summed E-state index contributed by atoms with van der Waals surface area (Å²) in [4.78, 5) is 20.6. The van der Waals surface area contributed by atoms with Crippen LogP contribution in [0.3, 0.4) is 0 Å². The molecule has 0 saturated carbocycles. The Morgan fingerprint density at radius 2 is 2.08 bits per heavy atom. The van der Waals surface area contributed by atoms with Crippen LogP contribution in [-0.2, 0) is 14.3 Å². The fourth-order valence-electron chi connectivity index (χ4n) is 0.518. The lowest BCUT2D eigenvalue weighted by Gasteiger charge is -2.03. The molecule has 0 bridgehead atoms. The quantitative estimate of drug-likeness (QED) is 0.466. The lowest BCUT2D eigenvalue weighted by Crippen LogP contribution is -2.09. The first-order valence-corrected chi connectivity index (χ1v) is 3.78. The second-order valence-electron chi connectivity index (χ2n) is 2.48. The number of hydrogen-bond donors (Lipinski definition) is 2. The number of aliphatic hydroxyl groups is 1. The van der Waals surface area contributed by atoms with Crippen LogP contribution in [0.15, 0.2) is 12.2 Å². The lowest BCUT2D eigenvalue weighted by molar-refractivity contribution is -0.139. The zero-order valence-electron chi connectivity index (χ0n) is 7.27. The van der Waals surface area contributed by atoms with Crippen LogP contribution in [0.4, 0.5) is 0 Å². The molecule has 74 valence electrons. The van der Waals surface area contributed by atoms with E-state index in [-0.39, 0.29) is 6.61 Å². The van der Waals surface area contributed by atoms with E-state index in [0.29, 0.717) is 12.5 Å². The molecule has 0 aromatic rings. The number of ether oxygens (including phenoxy) is 1. The van der Waals surface area contributed by atoms with Crippen molar-refractivity contribution in [2.45, 2.75) is 19.4 Å². The van der Waals surface area contributed by atoms with Gasteiger partial charge in [0.2, 0.25) is 0 Å². The van der Waals surface area contributed by atoms with E-state index in [9.17, 15) is 9.59 Å². The van der Waals surface area contributed by atoms with Gasteiger partial charge in [0.1, 0.15) is 0 Å². The summed E-state index contributed by atoms with van der Waals surface area (Å²) in [5.41, 5.74) is 0. The Morgan fingerprint density at radius 1 is 1.46 bits per heavy atom. The highest BCUT2D eigenvalue weighted by Gasteiger charge is 2.00. The predicted octanol–water partition coefficient (Wildman–Crippen LogP) is -0.0587. The van der Waals surface area contributed by atoms with Gasteiger partial charge in [-0.2, -0.15) is 0 Å². The fraction of sp³-hybridized carbons (Fsp3) is 0.500. The predicted molar refractivity (Wildman–Crippen MR) is 44.0 cm³/mol. The summed E-state index contributed by atoms with van der Waals surface area (Å²) < 4.78 is 4.55. The molecule has 0 aliphatic carbocycles. The van der Waals surface area contributed by atoms with Gasteiger partial charge in [-0.3, -0.25) is 0 Å². The zero-order valence-corrected chi connectivity index (χ0v) is 7.27. The first kappa shape index (κ1) is 11.6. The monoisotopic (exact) mass is 188 g/mol. The minimum absolute atomic E-state index is 0.0838. The van der Waals surface area contributed by atoms with Crippen molar-refractivity contribution in [3.05, 3.63) is 12.2 Å². The molecule has 0 aromatic carbocycles. The molecule has 0 aliphatic heterocycles. The molecular weight excluding hydrogens is 176 g/mol. The van der Waals surface area contributed by atoms with E-state index in [4.69, 9.17) is 10.2 Å². The van der Waals surface area contributed by atoms with Gasteiger partial charge < -0.3 is 14.9 Å². The molecule has 5 nitrogen and oxygen atoms in total. The van der Waals surface area contributed by atoms with Crippen LogP contribution in [0, 0.1) is 0 Å². The van der Waals surface area contributed by atoms with Crippen molar-refractivity contribution < 1.29 is 24.5 Å². The summed E-state index contributed by atoms with van der Waals surface area (Å²) in [5.74, 6) is -1.92. The highest BCUT2D eigenvalue weighted by atomic mass is 16.5. The molecule has 13 heavy (non-hydrogen) atoms. The molecule has 0 fully saturated rings. The molecule has 0 amide bonds. The molecule has 0 rings (SSSR count). The first-order valence-electron chi connectivity index (χ1n) is 3.78. The molecule has 5 heteroatoms. The summed E-state index contributed by atoms with van der Waals surface area (Å²) in [6.07, 6.45) is 1.33. The Bertz CT molecular complexity index is 207. The molecule has 0 unspecified atom stereocenters. The maximum absolute atomic E-state index is 10.7. The maximum Gasteiger partial charge on any atom is 0.331 e. The highest BCUT2D eigenvalue weighted by molar-refractivity contribution is 5.90. The molecule has 0 heterocycles. The van der Waals surface area contributed by atoms with Crippen molar-refractivity contribution in [1.29, 1.82) is 0 Å². The average molecular weight is 188 g/mol. The Kier molecular flexibility index (Phi) is 5.54. The van der Waals surface area contributed by atoms with Crippen LogP contribution < -0.4 is 0 Å². The zero-order chi connectivity index (χ0) is 10.3. The van der Waals surface area contributed by atoms with Gasteiger partial charge in [-0.25, -0.2) is 9.59 Å². The van der Waals surface area contributed by atoms with Crippen molar-refractivity contribution in [2.24, 2.45) is 0 Å². The van der Waals surface area contributed by atoms with Crippen LogP contribution in [-0.4, -0.2) is 34.9 Å². The fourth-order valence-corrected chi connectivity index (χ4v) is 0.518. The number of carbonyl (C=O) groups is 2. The first-order chi connectivity index (χ1) is 6.02. The molecule has 0 radical (unpaired) electrons. The van der Waals surface area contributed by atoms with E-state index in [1.807, 2.05) is 0 Å². The van der Waals surface area contributed by atoms with Crippen molar-refractivity contribution in [3.8, 4) is 0 Å². The number of aliphatic carboxylic acids is 1. The lowest BCUT2D eigenvalue weighted by atomic mass is 10.3. The van der Waals surface area contributed by atoms with Gasteiger partial charge >= 0.3 is 11.9 Å². The number of aliphatic hydroxyl groups excluding tert-OH is 1. The smallest absolute Gasteiger partial charge is 0.331 e. The molecule has 0 saturated heterocycles. The van der Waals surface area contributed by atoms with Gasteiger partial charge in [-0.05, 0) is 6.92 Å². The van der Waals surface area contributed by atoms with Crippen molar-refractivity contribution in [3.63, 3.8) is 0 Å². The molecule has 0 aromatic heterocycles. The Morgan fingerprint density at radius 3 is 2.54 bits per heavy atom. The molecule has 0 spiro atoms. The van der Waals surface area contributed by atoms with Gasteiger partial charge in [0.15, 0.2) is 0 Å². The second-order valence-corrected chi connectivity index (χ2v) is 2.48. The standard InChI is InChI=1S/C8H12O5/c1-6(9)4-5-13-8(12)3-2-7(10)11/h2-3,6,9H,4-5H2,1H3,(H,10,11)/b3-2+/t6-/m0/s1. The number of carboxylic acid groups (broad SMARTS) is 1. The van der Waals surface area contributed by atoms with Gasteiger partial charge in [-0.1, -0.05) is 0 Å². The van der Waals surface area contributed by atoms with E-state index >= 15 is 0 Å². The number of carboxylic acids is 1. The minimum atomic E-state index is -1.20. The molecule has 1 atom stereocenters. The van der Waals surface area contributed by atoms with E-state index in [1.54, 1.807) is 6.92 Å². The van der Waals surface area contributed by atoms with Crippen molar-refractivity contribution in [2.75, 3.05) is 6.61 Å². The van der Waals surface area contributed by atoms with Crippen molar-refractivity contribution in [1.82, 2.24) is 0 Å². The SMILES string of the molecule is C[C@H](O)CCOC(=O)/C=C/C(=O)O. The van der Waals surface area contributed by atoms with Crippen LogP contribution >= 0.6 is 0 Å².